The van der Waals surface area contributed by atoms with Crippen molar-refractivity contribution in [2.45, 2.75) is 58.3 Å². The first kappa shape index (κ1) is 19.9. The molecule has 1 unspecified atom stereocenters. The van der Waals surface area contributed by atoms with Crippen molar-refractivity contribution in [2.75, 3.05) is 0 Å². The van der Waals surface area contributed by atoms with E-state index in [-0.39, 0.29) is 5.92 Å². The predicted molar refractivity (Wildman–Crippen MR) is 122 cm³/mol. The maximum absolute atomic E-state index is 13.0. The Morgan fingerprint density at radius 3 is 2.59 bits per heavy atom. The third-order valence-electron chi connectivity index (χ3n) is 6.86. The third-order valence-corrected chi connectivity index (χ3v) is 6.86. The summed E-state index contributed by atoms with van der Waals surface area (Å²) in [5.41, 5.74) is 5.10. The predicted octanol–water partition coefficient (Wildman–Crippen LogP) is 6.95. The number of hydrogen-bond donors (Lipinski definition) is 0. The van der Waals surface area contributed by atoms with E-state index in [4.69, 9.17) is 0 Å². The molecular weight excluding hydrogens is 354 g/mol. The van der Waals surface area contributed by atoms with Gasteiger partial charge in [-0.2, -0.15) is 0 Å². The number of para-hydroxylation sites is 1. The van der Waals surface area contributed by atoms with Crippen molar-refractivity contribution >= 4 is 16.7 Å². The summed E-state index contributed by atoms with van der Waals surface area (Å²) < 4.78 is 2.27. The first-order valence-corrected chi connectivity index (χ1v) is 11.3. The number of rotatable bonds is 7. The lowest BCUT2D eigenvalue weighted by Gasteiger charge is -2.24. The van der Waals surface area contributed by atoms with Crippen LogP contribution in [0.25, 0.3) is 22.2 Å². The molecule has 1 heterocycles. The second-order valence-corrected chi connectivity index (χ2v) is 8.73. The Balaban J connectivity index is 1.48. The zero-order valence-corrected chi connectivity index (χ0v) is 17.9. The molecule has 1 aliphatic rings. The number of Topliss-reactive ketones (excluding diaryl/α,β-unsaturated/α-hetero) is 1. The van der Waals surface area contributed by atoms with Crippen LogP contribution >= 0.6 is 0 Å². The third kappa shape index (κ3) is 4.32. The summed E-state index contributed by atoms with van der Waals surface area (Å²) in [6.45, 7) is 2.18. The van der Waals surface area contributed by atoms with Gasteiger partial charge in [0.05, 0.1) is 0 Å². The largest absolute Gasteiger partial charge is 0.344 e. The molecule has 0 bridgehead atoms. The van der Waals surface area contributed by atoms with Crippen molar-refractivity contribution < 1.29 is 4.79 Å². The van der Waals surface area contributed by atoms with Crippen molar-refractivity contribution in [3.63, 3.8) is 0 Å². The minimum atomic E-state index is 0.222. The van der Waals surface area contributed by atoms with Crippen molar-refractivity contribution in [3.8, 4) is 11.3 Å². The van der Waals surface area contributed by atoms with Crippen LogP contribution in [0.15, 0.2) is 54.6 Å². The Labute approximate surface area is 174 Å². The van der Waals surface area contributed by atoms with Gasteiger partial charge in [0.1, 0.15) is 5.78 Å². The molecular formula is C27H33NO. The van der Waals surface area contributed by atoms with Crippen LogP contribution < -0.4 is 0 Å². The number of benzene rings is 2. The summed E-state index contributed by atoms with van der Waals surface area (Å²) >= 11 is 0. The van der Waals surface area contributed by atoms with E-state index >= 15 is 0 Å². The zero-order valence-electron chi connectivity index (χ0n) is 17.9. The lowest BCUT2D eigenvalue weighted by molar-refractivity contribution is -0.128. The van der Waals surface area contributed by atoms with E-state index < -0.39 is 0 Å². The quantitative estimate of drug-likeness (QED) is 0.430. The molecule has 1 fully saturated rings. The number of nitrogens with zero attached hydrogens (tertiary/aromatic N) is 1. The highest BCUT2D eigenvalue weighted by Crippen LogP contribution is 2.31. The van der Waals surface area contributed by atoms with Gasteiger partial charge in [0.25, 0.3) is 0 Å². The number of carbonyl (C=O) groups is 1. The van der Waals surface area contributed by atoms with Gasteiger partial charge < -0.3 is 4.57 Å². The van der Waals surface area contributed by atoms with E-state index in [0.29, 0.717) is 11.7 Å². The fourth-order valence-electron chi connectivity index (χ4n) is 5.06. The van der Waals surface area contributed by atoms with Gasteiger partial charge in [-0.1, -0.05) is 62.6 Å². The molecule has 0 amide bonds. The molecule has 29 heavy (non-hydrogen) atoms. The number of fused-ring (bicyclic) bond motifs is 1. The minimum Gasteiger partial charge on any atom is -0.344 e. The monoisotopic (exact) mass is 387 g/mol. The van der Waals surface area contributed by atoms with E-state index in [9.17, 15) is 4.79 Å². The van der Waals surface area contributed by atoms with E-state index in [0.717, 1.165) is 32.1 Å². The van der Waals surface area contributed by atoms with Gasteiger partial charge in [-0.25, -0.2) is 0 Å². The fourth-order valence-corrected chi connectivity index (χ4v) is 5.06. The number of ketones is 1. The topological polar surface area (TPSA) is 22.0 Å². The van der Waals surface area contributed by atoms with Crippen molar-refractivity contribution in [3.05, 3.63) is 60.2 Å². The number of aromatic nitrogens is 1. The number of aryl methyl sites for hydroxylation is 2. The van der Waals surface area contributed by atoms with Gasteiger partial charge in [-0.3, -0.25) is 4.79 Å². The average molecular weight is 388 g/mol. The molecule has 4 rings (SSSR count). The molecule has 1 aliphatic carbocycles. The molecule has 152 valence electrons. The number of carbonyl (C=O) groups excluding carboxylic acids is 1. The SMILES string of the molecule is CCC(CCc1cccc(-c2cc3ccccc3n2C)c1)C(=O)C1CCCCC1. The second-order valence-electron chi connectivity index (χ2n) is 8.73. The fraction of sp³-hybridized carbons (Fsp3) is 0.444. The van der Waals surface area contributed by atoms with E-state index in [2.05, 4.69) is 73.1 Å². The number of hydrogen-bond acceptors (Lipinski definition) is 1. The summed E-state index contributed by atoms with van der Waals surface area (Å²) in [5.74, 6) is 1.09. The van der Waals surface area contributed by atoms with Crippen molar-refractivity contribution in [1.29, 1.82) is 0 Å². The van der Waals surface area contributed by atoms with Crippen LogP contribution in [0.4, 0.5) is 0 Å². The van der Waals surface area contributed by atoms with E-state index in [1.165, 1.54) is 47.0 Å². The Morgan fingerprint density at radius 2 is 1.83 bits per heavy atom. The molecule has 0 radical (unpaired) electrons. The second kappa shape index (κ2) is 8.98. The normalized spacial score (nSPS) is 16.2. The van der Waals surface area contributed by atoms with Gasteiger partial charge in [0, 0.05) is 35.5 Å². The van der Waals surface area contributed by atoms with Crippen molar-refractivity contribution in [2.24, 2.45) is 18.9 Å². The molecule has 2 aromatic carbocycles. The molecule has 1 atom stereocenters. The minimum absolute atomic E-state index is 0.222. The Bertz CT molecular complexity index is 977. The molecule has 1 aromatic heterocycles. The summed E-state index contributed by atoms with van der Waals surface area (Å²) in [7, 11) is 2.14. The maximum atomic E-state index is 13.0. The van der Waals surface area contributed by atoms with Gasteiger partial charge in [-0.15, -0.1) is 0 Å². The highest BCUT2D eigenvalue weighted by molar-refractivity contribution is 5.87. The highest BCUT2D eigenvalue weighted by Gasteiger charge is 2.26. The smallest absolute Gasteiger partial charge is 0.139 e. The van der Waals surface area contributed by atoms with Crippen LogP contribution in [0.1, 0.15) is 57.4 Å². The Kier molecular flexibility index (Phi) is 6.18. The van der Waals surface area contributed by atoms with Crippen LogP contribution in [0.3, 0.4) is 0 Å². The van der Waals surface area contributed by atoms with Crippen LogP contribution in [0.2, 0.25) is 0 Å². The maximum Gasteiger partial charge on any atom is 0.139 e. The average Bonchev–Trinajstić information content (AvgIpc) is 3.11. The highest BCUT2D eigenvalue weighted by atomic mass is 16.1. The molecule has 2 heteroatoms. The van der Waals surface area contributed by atoms with Crippen molar-refractivity contribution in [1.82, 2.24) is 4.57 Å². The van der Waals surface area contributed by atoms with Gasteiger partial charge in [0.2, 0.25) is 0 Å². The van der Waals surface area contributed by atoms with Gasteiger partial charge in [0.15, 0.2) is 0 Å². The molecule has 0 N–H and O–H groups in total. The molecule has 2 nitrogen and oxygen atoms in total. The van der Waals surface area contributed by atoms with Crippen LogP contribution in [-0.2, 0) is 18.3 Å². The van der Waals surface area contributed by atoms with Gasteiger partial charge in [-0.05, 0) is 61.4 Å². The lowest BCUT2D eigenvalue weighted by Crippen LogP contribution is -2.25. The standard InChI is InChI=1S/C27H33NO/c1-3-21(27(29)22-11-5-4-6-12-22)17-16-20-10-9-14-23(18-20)26-19-24-13-7-8-15-25(24)28(26)2/h7-10,13-15,18-19,21-22H,3-6,11-12,16-17H2,1-2H3. The van der Waals surface area contributed by atoms with Crippen LogP contribution in [0, 0.1) is 11.8 Å². The molecule has 0 saturated heterocycles. The van der Waals surface area contributed by atoms with E-state index in [1.54, 1.807) is 0 Å². The van der Waals surface area contributed by atoms with Crippen LogP contribution in [0.5, 0.6) is 0 Å². The molecule has 0 spiro atoms. The lowest BCUT2D eigenvalue weighted by atomic mass is 9.79. The van der Waals surface area contributed by atoms with Gasteiger partial charge >= 0.3 is 0 Å². The molecule has 3 aromatic rings. The summed E-state index contributed by atoms with van der Waals surface area (Å²) in [4.78, 5) is 13.0. The summed E-state index contributed by atoms with van der Waals surface area (Å²) in [6, 6.07) is 19.7. The van der Waals surface area contributed by atoms with E-state index in [1.807, 2.05) is 0 Å². The Hall–Kier alpha value is -2.35. The Morgan fingerprint density at radius 1 is 1.03 bits per heavy atom. The molecule has 0 aliphatic heterocycles. The summed E-state index contributed by atoms with van der Waals surface area (Å²) in [6.07, 6.45) is 8.94. The summed E-state index contributed by atoms with van der Waals surface area (Å²) in [5, 5.41) is 1.28. The first-order valence-electron chi connectivity index (χ1n) is 11.3. The molecule has 1 saturated carbocycles. The first-order chi connectivity index (χ1) is 14.2. The zero-order chi connectivity index (χ0) is 20.2. The van der Waals surface area contributed by atoms with Crippen LogP contribution in [-0.4, -0.2) is 10.4 Å².